The van der Waals surface area contributed by atoms with Crippen LogP contribution in [0.4, 0.5) is 0 Å². The number of para-hydroxylation sites is 1. The molecule has 0 unspecified atom stereocenters. The van der Waals surface area contributed by atoms with E-state index in [-0.39, 0.29) is 0 Å². The standard InChI is InChI=1S/C9H9N3O/c1-2-4-8(5-3-1)13-6-9-10-7-11-12-9/h1-5,7H,6H2,(H,10,11,12). The smallest absolute Gasteiger partial charge is 0.162 e. The molecule has 13 heavy (non-hydrogen) atoms. The number of nitrogens with zero attached hydrogens (tertiary/aromatic N) is 2. The number of rotatable bonds is 3. The van der Waals surface area contributed by atoms with Crippen molar-refractivity contribution in [3.8, 4) is 5.75 Å². The zero-order valence-corrected chi connectivity index (χ0v) is 6.97. The molecule has 0 spiro atoms. The number of hydrogen-bond acceptors (Lipinski definition) is 3. The summed E-state index contributed by atoms with van der Waals surface area (Å²) in [5.74, 6) is 1.56. The molecule has 4 nitrogen and oxygen atoms in total. The number of benzene rings is 1. The maximum absolute atomic E-state index is 5.42. The molecular formula is C9H9N3O. The molecule has 0 atom stereocenters. The Morgan fingerprint density at radius 1 is 1.23 bits per heavy atom. The normalized spacial score (nSPS) is 9.85. The molecule has 0 aliphatic rings. The molecule has 0 aliphatic heterocycles. The fraction of sp³-hybridized carbons (Fsp3) is 0.111. The summed E-state index contributed by atoms with van der Waals surface area (Å²) in [6.07, 6.45) is 1.46. The Hall–Kier alpha value is -1.84. The highest BCUT2D eigenvalue weighted by molar-refractivity contribution is 5.20. The van der Waals surface area contributed by atoms with Crippen LogP contribution >= 0.6 is 0 Å². The van der Waals surface area contributed by atoms with E-state index in [1.165, 1.54) is 6.33 Å². The van der Waals surface area contributed by atoms with Crippen LogP contribution in [-0.2, 0) is 6.61 Å². The second kappa shape index (κ2) is 3.71. The first-order valence-corrected chi connectivity index (χ1v) is 3.97. The highest BCUT2D eigenvalue weighted by Gasteiger charge is 1.95. The first-order valence-electron chi connectivity index (χ1n) is 3.97. The van der Waals surface area contributed by atoms with Crippen molar-refractivity contribution in [2.45, 2.75) is 6.61 Å². The number of aromatic amines is 1. The summed E-state index contributed by atoms with van der Waals surface area (Å²) in [6.45, 7) is 0.421. The molecule has 0 aliphatic carbocycles. The van der Waals surface area contributed by atoms with Crippen molar-refractivity contribution in [2.24, 2.45) is 0 Å². The van der Waals surface area contributed by atoms with E-state index in [4.69, 9.17) is 4.74 Å². The molecule has 0 amide bonds. The van der Waals surface area contributed by atoms with Crippen molar-refractivity contribution < 1.29 is 4.74 Å². The number of H-pyrrole nitrogens is 1. The van der Waals surface area contributed by atoms with E-state index in [2.05, 4.69) is 15.2 Å². The summed E-state index contributed by atoms with van der Waals surface area (Å²) >= 11 is 0. The van der Waals surface area contributed by atoms with Gasteiger partial charge in [-0.3, -0.25) is 5.10 Å². The topological polar surface area (TPSA) is 50.8 Å². The Balaban J connectivity index is 1.94. The van der Waals surface area contributed by atoms with Crippen molar-refractivity contribution in [3.63, 3.8) is 0 Å². The van der Waals surface area contributed by atoms with Gasteiger partial charge < -0.3 is 4.74 Å². The third kappa shape index (κ3) is 2.05. The van der Waals surface area contributed by atoms with Gasteiger partial charge in [0.25, 0.3) is 0 Å². The Labute approximate surface area is 75.6 Å². The molecular weight excluding hydrogens is 166 g/mol. The van der Waals surface area contributed by atoms with Gasteiger partial charge in [-0.25, -0.2) is 4.98 Å². The molecule has 2 aromatic rings. The molecule has 1 heterocycles. The quantitative estimate of drug-likeness (QED) is 0.766. The van der Waals surface area contributed by atoms with Gasteiger partial charge in [-0.2, -0.15) is 5.10 Å². The van der Waals surface area contributed by atoms with Crippen LogP contribution in [0.2, 0.25) is 0 Å². The predicted molar refractivity (Wildman–Crippen MR) is 47.2 cm³/mol. The van der Waals surface area contributed by atoms with Crippen LogP contribution in [0, 0.1) is 0 Å². The number of hydrogen-bond donors (Lipinski definition) is 1. The van der Waals surface area contributed by atoms with E-state index < -0.39 is 0 Å². The summed E-state index contributed by atoms with van der Waals surface area (Å²) in [5, 5.41) is 6.44. The molecule has 4 heteroatoms. The molecule has 1 aromatic heterocycles. The van der Waals surface area contributed by atoms with E-state index in [0.29, 0.717) is 6.61 Å². The second-order valence-corrected chi connectivity index (χ2v) is 2.53. The molecule has 66 valence electrons. The molecule has 0 radical (unpaired) electrons. The lowest BCUT2D eigenvalue weighted by Gasteiger charge is -2.01. The van der Waals surface area contributed by atoms with Crippen molar-refractivity contribution in [1.29, 1.82) is 0 Å². The van der Waals surface area contributed by atoms with Gasteiger partial charge in [-0.15, -0.1) is 0 Å². The lowest BCUT2D eigenvalue weighted by Crippen LogP contribution is -1.97. The van der Waals surface area contributed by atoms with E-state index >= 15 is 0 Å². The van der Waals surface area contributed by atoms with Gasteiger partial charge in [0.2, 0.25) is 0 Å². The predicted octanol–water partition coefficient (Wildman–Crippen LogP) is 1.38. The fourth-order valence-electron chi connectivity index (χ4n) is 0.969. The average molecular weight is 175 g/mol. The lowest BCUT2D eigenvalue weighted by atomic mass is 10.3. The van der Waals surface area contributed by atoms with Crippen molar-refractivity contribution in [3.05, 3.63) is 42.5 Å². The second-order valence-electron chi connectivity index (χ2n) is 2.53. The van der Waals surface area contributed by atoms with Gasteiger partial charge in [0, 0.05) is 0 Å². The highest BCUT2D eigenvalue weighted by Crippen LogP contribution is 2.09. The van der Waals surface area contributed by atoms with E-state index in [1.54, 1.807) is 0 Å². The van der Waals surface area contributed by atoms with Crippen LogP contribution in [0.5, 0.6) is 5.75 Å². The Morgan fingerprint density at radius 3 is 2.77 bits per heavy atom. The maximum atomic E-state index is 5.42. The zero-order valence-electron chi connectivity index (χ0n) is 6.97. The lowest BCUT2D eigenvalue weighted by molar-refractivity contribution is 0.296. The average Bonchev–Trinajstić information content (AvgIpc) is 2.69. The fourth-order valence-corrected chi connectivity index (χ4v) is 0.969. The monoisotopic (exact) mass is 175 g/mol. The molecule has 1 N–H and O–H groups in total. The summed E-state index contributed by atoms with van der Waals surface area (Å²) < 4.78 is 5.42. The van der Waals surface area contributed by atoms with Crippen molar-refractivity contribution in [1.82, 2.24) is 15.2 Å². The number of ether oxygens (including phenoxy) is 1. The third-order valence-corrected chi connectivity index (χ3v) is 1.58. The number of nitrogens with one attached hydrogen (secondary N) is 1. The van der Waals surface area contributed by atoms with Crippen LogP contribution in [0.1, 0.15) is 5.82 Å². The first kappa shape index (κ1) is 7.79. The van der Waals surface area contributed by atoms with Crippen LogP contribution < -0.4 is 4.74 Å². The van der Waals surface area contributed by atoms with Crippen LogP contribution in [0.15, 0.2) is 36.7 Å². The van der Waals surface area contributed by atoms with E-state index in [1.807, 2.05) is 30.3 Å². The maximum Gasteiger partial charge on any atom is 0.162 e. The van der Waals surface area contributed by atoms with E-state index in [0.717, 1.165) is 11.6 Å². The van der Waals surface area contributed by atoms with Crippen molar-refractivity contribution in [2.75, 3.05) is 0 Å². The van der Waals surface area contributed by atoms with Crippen LogP contribution in [-0.4, -0.2) is 15.2 Å². The van der Waals surface area contributed by atoms with Crippen LogP contribution in [0.25, 0.3) is 0 Å². The molecule has 2 rings (SSSR count). The Kier molecular flexibility index (Phi) is 2.22. The molecule has 0 fully saturated rings. The number of aromatic nitrogens is 3. The minimum Gasteiger partial charge on any atom is -0.486 e. The summed E-state index contributed by atoms with van der Waals surface area (Å²) in [6, 6.07) is 9.60. The SMILES string of the molecule is c1ccc(OCc2ncn[nH]2)cc1. The Morgan fingerprint density at radius 2 is 2.08 bits per heavy atom. The zero-order chi connectivity index (χ0) is 8.93. The van der Waals surface area contributed by atoms with Gasteiger partial charge in [-0.05, 0) is 12.1 Å². The molecule has 0 saturated carbocycles. The largest absolute Gasteiger partial charge is 0.486 e. The van der Waals surface area contributed by atoms with Gasteiger partial charge in [-0.1, -0.05) is 18.2 Å². The highest BCUT2D eigenvalue weighted by atomic mass is 16.5. The van der Waals surface area contributed by atoms with E-state index in [9.17, 15) is 0 Å². The van der Waals surface area contributed by atoms with Gasteiger partial charge in [0.15, 0.2) is 5.82 Å². The minimum atomic E-state index is 0.421. The Bertz CT molecular complexity index is 344. The summed E-state index contributed by atoms with van der Waals surface area (Å²) in [4.78, 5) is 3.94. The molecule has 0 saturated heterocycles. The molecule has 1 aromatic carbocycles. The van der Waals surface area contributed by atoms with Crippen molar-refractivity contribution >= 4 is 0 Å². The van der Waals surface area contributed by atoms with Gasteiger partial charge in [0.05, 0.1) is 0 Å². The minimum absolute atomic E-state index is 0.421. The first-order chi connectivity index (χ1) is 6.45. The van der Waals surface area contributed by atoms with Gasteiger partial charge >= 0.3 is 0 Å². The van der Waals surface area contributed by atoms with Crippen LogP contribution in [0.3, 0.4) is 0 Å². The molecule has 0 bridgehead atoms. The van der Waals surface area contributed by atoms with Gasteiger partial charge in [0.1, 0.15) is 18.7 Å². The summed E-state index contributed by atoms with van der Waals surface area (Å²) in [5.41, 5.74) is 0. The third-order valence-electron chi connectivity index (χ3n) is 1.58. The summed E-state index contributed by atoms with van der Waals surface area (Å²) in [7, 11) is 0.